The number of hydrogen-bond donors (Lipinski definition) is 1. The average Bonchev–Trinajstić information content (AvgIpc) is 3.09. The Balaban J connectivity index is 0.00000392. The fourth-order valence-corrected chi connectivity index (χ4v) is 3.74. The Bertz CT molecular complexity index is 655. The van der Waals surface area contributed by atoms with Crippen molar-refractivity contribution in [2.75, 3.05) is 47.8 Å². The van der Waals surface area contributed by atoms with Gasteiger partial charge < -0.3 is 15.1 Å². The van der Waals surface area contributed by atoms with Crippen LogP contribution in [0.1, 0.15) is 24.8 Å². The molecule has 1 aliphatic rings. The minimum Gasteiger partial charge on any atom is -0.356 e. The molecule has 0 aliphatic carbocycles. The summed E-state index contributed by atoms with van der Waals surface area (Å²) in [4.78, 5) is 22.7. The molecule has 2 rings (SSSR count). The van der Waals surface area contributed by atoms with E-state index in [0.717, 1.165) is 62.0 Å². The maximum Gasteiger partial charge on any atom is 0.239 e. The van der Waals surface area contributed by atoms with Crippen molar-refractivity contribution < 1.29 is 4.79 Å². The van der Waals surface area contributed by atoms with Gasteiger partial charge in [-0.15, -0.1) is 24.0 Å². The first kappa shape index (κ1) is 25.0. The topological polar surface area (TPSA) is 51.2 Å². The number of rotatable bonds is 7. The van der Waals surface area contributed by atoms with Crippen molar-refractivity contribution in [3.05, 3.63) is 34.9 Å². The van der Waals surface area contributed by atoms with E-state index in [2.05, 4.69) is 26.2 Å². The van der Waals surface area contributed by atoms with Gasteiger partial charge in [0.25, 0.3) is 0 Å². The van der Waals surface area contributed by atoms with Crippen LogP contribution in [0.5, 0.6) is 0 Å². The Morgan fingerprint density at radius 3 is 2.75 bits per heavy atom. The fourth-order valence-electron chi connectivity index (χ4n) is 3.52. The standard InChI is InChI=1S/C20H32ClN5O.HI/c1-22-20(25(4)15-16-8-5-9-17(21)14-16)23-11-7-13-26-12-6-10-18(26)19(27)24(2)3;/h5,8-9,14,18H,6-7,10-13,15H2,1-4H3,(H,22,23);1H. The molecule has 0 radical (unpaired) electrons. The van der Waals surface area contributed by atoms with Gasteiger partial charge in [0.15, 0.2) is 5.96 Å². The molecular weight excluding hydrogens is 489 g/mol. The molecule has 6 nitrogen and oxygen atoms in total. The number of hydrogen-bond acceptors (Lipinski definition) is 3. The molecule has 0 bridgehead atoms. The first-order chi connectivity index (χ1) is 12.9. The minimum absolute atomic E-state index is 0. The van der Waals surface area contributed by atoms with E-state index in [1.165, 1.54) is 0 Å². The lowest BCUT2D eigenvalue weighted by Gasteiger charge is -2.26. The smallest absolute Gasteiger partial charge is 0.239 e. The zero-order chi connectivity index (χ0) is 19.8. The molecule has 1 fully saturated rings. The van der Waals surface area contributed by atoms with E-state index in [1.807, 2.05) is 39.3 Å². The van der Waals surface area contributed by atoms with Crippen LogP contribution < -0.4 is 5.32 Å². The van der Waals surface area contributed by atoms with Crippen LogP contribution in [0.3, 0.4) is 0 Å². The summed E-state index contributed by atoms with van der Waals surface area (Å²) in [6.07, 6.45) is 3.04. The molecule has 1 amide bonds. The second kappa shape index (κ2) is 12.5. The molecule has 158 valence electrons. The minimum atomic E-state index is 0. The largest absolute Gasteiger partial charge is 0.356 e. The Morgan fingerprint density at radius 2 is 2.11 bits per heavy atom. The Labute approximate surface area is 191 Å². The lowest BCUT2D eigenvalue weighted by Crippen LogP contribution is -2.44. The molecule has 1 heterocycles. The molecule has 28 heavy (non-hydrogen) atoms. The van der Waals surface area contributed by atoms with E-state index >= 15 is 0 Å². The summed E-state index contributed by atoms with van der Waals surface area (Å²) in [7, 11) is 7.48. The molecule has 1 saturated heterocycles. The lowest BCUT2D eigenvalue weighted by molar-refractivity contribution is -0.133. The number of likely N-dealkylation sites (tertiary alicyclic amines) is 1. The van der Waals surface area contributed by atoms with Crippen LogP contribution in [-0.4, -0.2) is 80.4 Å². The number of carbonyl (C=O) groups excluding carboxylic acids is 1. The Kier molecular flexibility index (Phi) is 11.1. The van der Waals surface area contributed by atoms with E-state index in [-0.39, 0.29) is 35.9 Å². The van der Waals surface area contributed by atoms with Crippen LogP contribution in [-0.2, 0) is 11.3 Å². The van der Waals surface area contributed by atoms with Crippen molar-refractivity contribution in [3.63, 3.8) is 0 Å². The van der Waals surface area contributed by atoms with Crippen molar-refractivity contribution in [2.45, 2.75) is 31.8 Å². The molecule has 1 atom stereocenters. The Morgan fingerprint density at radius 1 is 1.36 bits per heavy atom. The van der Waals surface area contributed by atoms with Gasteiger partial charge in [0.2, 0.25) is 5.91 Å². The van der Waals surface area contributed by atoms with Crippen molar-refractivity contribution in [3.8, 4) is 0 Å². The summed E-state index contributed by atoms with van der Waals surface area (Å²) < 4.78 is 0. The van der Waals surface area contributed by atoms with Crippen LogP contribution in [0, 0.1) is 0 Å². The van der Waals surface area contributed by atoms with Crippen LogP contribution in [0.2, 0.25) is 5.02 Å². The summed E-state index contributed by atoms with van der Waals surface area (Å²) in [5.74, 6) is 1.08. The van der Waals surface area contributed by atoms with Gasteiger partial charge in [-0.05, 0) is 43.5 Å². The van der Waals surface area contributed by atoms with Crippen LogP contribution in [0.25, 0.3) is 0 Å². The number of halogens is 2. The molecule has 0 aromatic heterocycles. The SMILES string of the molecule is CN=C(NCCCN1CCCC1C(=O)N(C)C)N(C)Cc1cccc(Cl)c1.I. The fraction of sp³-hybridized carbons (Fsp3) is 0.600. The molecule has 1 aromatic rings. The van der Waals surface area contributed by atoms with Gasteiger partial charge in [0, 0.05) is 52.8 Å². The summed E-state index contributed by atoms with van der Waals surface area (Å²) in [5, 5.41) is 4.16. The molecule has 8 heteroatoms. The van der Waals surface area contributed by atoms with Crippen LogP contribution in [0.4, 0.5) is 0 Å². The predicted octanol–water partition coefficient (Wildman–Crippen LogP) is 2.91. The van der Waals surface area contributed by atoms with Gasteiger partial charge in [-0.25, -0.2) is 0 Å². The highest BCUT2D eigenvalue weighted by atomic mass is 127. The van der Waals surface area contributed by atoms with Crippen molar-refractivity contribution in [1.82, 2.24) is 20.0 Å². The summed E-state index contributed by atoms with van der Waals surface area (Å²) in [6.45, 7) is 3.50. The summed E-state index contributed by atoms with van der Waals surface area (Å²) in [5.41, 5.74) is 1.15. The predicted molar refractivity (Wildman–Crippen MR) is 128 cm³/mol. The molecule has 1 aliphatic heterocycles. The molecule has 0 saturated carbocycles. The van der Waals surface area contributed by atoms with E-state index < -0.39 is 0 Å². The van der Waals surface area contributed by atoms with E-state index in [0.29, 0.717) is 0 Å². The second-order valence-electron chi connectivity index (χ2n) is 7.24. The third-order valence-electron chi connectivity index (χ3n) is 4.88. The number of amides is 1. The summed E-state index contributed by atoms with van der Waals surface area (Å²) >= 11 is 6.06. The van der Waals surface area contributed by atoms with E-state index in [4.69, 9.17) is 11.6 Å². The third kappa shape index (κ3) is 7.40. The monoisotopic (exact) mass is 521 g/mol. The average molecular weight is 522 g/mol. The zero-order valence-corrected chi connectivity index (χ0v) is 20.4. The van der Waals surface area contributed by atoms with Crippen molar-refractivity contribution in [2.24, 2.45) is 4.99 Å². The normalized spacial score (nSPS) is 17.2. The van der Waals surface area contributed by atoms with Gasteiger partial charge in [-0.1, -0.05) is 23.7 Å². The van der Waals surface area contributed by atoms with E-state index in [9.17, 15) is 4.79 Å². The number of carbonyl (C=O) groups is 1. The molecule has 0 spiro atoms. The van der Waals surface area contributed by atoms with E-state index in [1.54, 1.807) is 11.9 Å². The first-order valence-electron chi connectivity index (χ1n) is 9.54. The highest BCUT2D eigenvalue weighted by Crippen LogP contribution is 2.18. The van der Waals surface area contributed by atoms with Gasteiger partial charge >= 0.3 is 0 Å². The number of guanidine groups is 1. The van der Waals surface area contributed by atoms with Crippen LogP contribution in [0.15, 0.2) is 29.3 Å². The van der Waals surface area contributed by atoms with Crippen molar-refractivity contribution >= 4 is 47.4 Å². The van der Waals surface area contributed by atoms with Crippen LogP contribution >= 0.6 is 35.6 Å². The van der Waals surface area contributed by atoms with Gasteiger partial charge in [-0.2, -0.15) is 0 Å². The third-order valence-corrected chi connectivity index (χ3v) is 5.11. The van der Waals surface area contributed by atoms with Crippen molar-refractivity contribution in [1.29, 1.82) is 0 Å². The second-order valence-corrected chi connectivity index (χ2v) is 7.68. The maximum absolute atomic E-state index is 12.3. The number of likely N-dealkylation sites (N-methyl/N-ethyl adjacent to an activating group) is 1. The quantitative estimate of drug-likeness (QED) is 0.259. The summed E-state index contributed by atoms with van der Waals surface area (Å²) in [6, 6.07) is 7.92. The molecule has 1 N–H and O–H groups in total. The molecule has 1 unspecified atom stereocenters. The lowest BCUT2D eigenvalue weighted by atomic mass is 10.2. The van der Waals surface area contributed by atoms with Gasteiger partial charge in [0.1, 0.15) is 0 Å². The van der Waals surface area contributed by atoms with Gasteiger partial charge in [0.05, 0.1) is 6.04 Å². The highest BCUT2D eigenvalue weighted by molar-refractivity contribution is 14.0. The number of nitrogens with one attached hydrogen (secondary N) is 1. The first-order valence-corrected chi connectivity index (χ1v) is 9.91. The number of nitrogens with zero attached hydrogens (tertiary/aromatic N) is 4. The maximum atomic E-state index is 12.3. The Hall–Kier alpha value is -1.06. The van der Waals surface area contributed by atoms with Gasteiger partial charge in [-0.3, -0.25) is 14.7 Å². The zero-order valence-electron chi connectivity index (χ0n) is 17.3. The number of aliphatic imine (C=N–C) groups is 1. The number of benzene rings is 1. The molecular formula is C20H33ClIN5O. The molecule has 1 aromatic carbocycles. The highest BCUT2D eigenvalue weighted by Gasteiger charge is 2.30.